The molecule has 2 amide bonds. The molecule has 0 unspecified atom stereocenters. The Kier molecular flexibility index (Phi) is 4.05. The summed E-state index contributed by atoms with van der Waals surface area (Å²) in [6.07, 6.45) is 1.08. The number of hydrogen-bond donors (Lipinski definition) is 1. The molecule has 0 spiro atoms. The minimum Gasteiger partial charge on any atom is -0.399 e. The van der Waals surface area contributed by atoms with Crippen LogP contribution in [0.25, 0.3) is 0 Å². The van der Waals surface area contributed by atoms with Crippen molar-refractivity contribution in [2.24, 2.45) is 0 Å². The quantitative estimate of drug-likeness (QED) is 0.792. The van der Waals surface area contributed by atoms with Gasteiger partial charge in [0.15, 0.2) is 0 Å². The molecule has 0 saturated heterocycles. The molecule has 0 heterocycles. The minimum atomic E-state index is -0.275. The summed E-state index contributed by atoms with van der Waals surface area (Å²) in [5.41, 5.74) is 6.73. The predicted molar refractivity (Wildman–Crippen MR) is 63.9 cm³/mol. The average Bonchev–Trinajstić information content (AvgIpc) is 2.21. The highest BCUT2D eigenvalue weighted by molar-refractivity contribution is 6.13. The molecule has 0 fully saturated rings. The monoisotopic (exact) mass is 220 g/mol. The van der Waals surface area contributed by atoms with Crippen LogP contribution in [0.1, 0.15) is 26.7 Å². The second-order valence-electron chi connectivity index (χ2n) is 3.59. The third-order valence-corrected chi connectivity index (χ3v) is 2.18. The number of nitrogens with zero attached hydrogens (tertiary/aromatic N) is 1. The Bertz CT molecular complexity index is 385. The van der Waals surface area contributed by atoms with Crippen molar-refractivity contribution in [3.8, 4) is 0 Å². The van der Waals surface area contributed by atoms with E-state index in [-0.39, 0.29) is 11.8 Å². The summed E-state index contributed by atoms with van der Waals surface area (Å²) < 4.78 is 0. The van der Waals surface area contributed by atoms with Gasteiger partial charge < -0.3 is 5.73 Å². The molecule has 1 aromatic rings. The largest absolute Gasteiger partial charge is 0.399 e. The Morgan fingerprint density at radius 3 is 2.25 bits per heavy atom. The first kappa shape index (κ1) is 12.2. The Morgan fingerprint density at radius 1 is 1.25 bits per heavy atom. The summed E-state index contributed by atoms with van der Waals surface area (Å²) in [5.74, 6) is -0.456. The zero-order valence-electron chi connectivity index (χ0n) is 9.56. The fourth-order valence-corrected chi connectivity index (χ4v) is 1.45. The molecule has 4 nitrogen and oxygen atoms in total. The van der Waals surface area contributed by atoms with Crippen LogP contribution in [-0.2, 0) is 9.59 Å². The fraction of sp³-hybridized carbons (Fsp3) is 0.333. The maximum absolute atomic E-state index is 11.7. The number of nitrogen functional groups attached to an aromatic ring is 1. The van der Waals surface area contributed by atoms with Crippen molar-refractivity contribution in [3.63, 3.8) is 0 Å². The van der Waals surface area contributed by atoms with Crippen molar-refractivity contribution in [1.29, 1.82) is 0 Å². The summed E-state index contributed by atoms with van der Waals surface area (Å²) in [6.45, 7) is 3.28. The molecular formula is C12H16N2O2. The first-order valence-corrected chi connectivity index (χ1v) is 5.25. The van der Waals surface area contributed by atoms with E-state index >= 15 is 0 Å². The van der Waals surface area contributed by atoms with Crippen LogP contribution >= 0.6 is 0 Å². The van der Waals surface area contributed by atoms with E-state index in [1.54, 1.807) is 24.3 Å². The number of anilines is 2. The Labute approximate surface area is 95.0 Å². The molecule has 0 aliphatic rings. The van der Waals surface area contributed by atoms with Crippen molar-refractivity contribution < 1.29 is 9.59 Å². The molecule has 2 N–H and O–H groups in total. The zero-order valence-corrected chi connectivity index (χ0v) is 9.56. The third-order valence-electron chi connectivity index (χ3n) is 2.18. The van der Waals surface area contributed by atoms with Crippen LogP contribution in [0.5, 0.6) is 0 Å². The topological polar surface area (TPSA) is 63.4 Å². The molecule has 0 atom stereocenters. The van der Waals surface area contributed by atoms with Gasteiger partial charge in [-0.15, -0.1) is 0 Å². The van der Waals surface area contributed by atoms with Crippen molar-refractivity contribution in [1.82, 2.24) is 0 Å². The molecule has 86 valence electrons. The number of benzene rings is 1. The first-order chi connectivity index (χ1) is 7.56. The number of rotatable bonds is 3. The number of carbonyl (C=O) groups excluding carboxylic acids is 2. The van der Waals surface area contributed by atoms with Crippen molar-refractivity contribution >= 4 is 23.2 Å². The van der Waals surface area contributed by atoms with E-state index < -0.39 is 0 Å². The van der Waals surface area contributed by atoms with Crippen molar-refractivity contribution in [2.75, 3.05) is 10.6 Å². The first-order valence-electron chi connectivity index (χ1n) is 5.25. The van der Waals surface area contributed by atoms with Crippen LogP contribution in [0, 0.1) is 0 Å². The second kappa shape index (κ2) is 5.30. The van der Waals surface area contributed by atoms with E-state index in [2.05, 4.69) is 0 Å². The zero-order chi connectivity index (χ0) is 12.1. The molecule has 0 aromatic heterocycles. The lowest BCUT2D eigenvalue weighted by Crippen LogP contribution is -2.34. The number of carbonyl (C=O) groups is 2. The lowest BCUT2D eigenvalue weighted by atomic mass is 10.2. The summed E-state index contributed by atoms with van der Waals surface area (Å²) in [4.78, 5) is 24.3. The van der Waals surface area contributed by atoms with E-state index in [4.69, 9.17) is 5.73 Å². The number of hydrogen-bond acceptors (Lipinski definition) is 3. The SMILES string of the molecule is CCCC(=O)N(C(C)=O)c1ccc(N)cc1. The van der Waals surface area contributed by atoms with Crippen LogP contribution in [-0.4, -0.2) is 11.8 Å². The van der Waals surface area contributed by atoms with Gasteiger partial charge in [0.05, 0.1) is 5.69 Å². The van der Waals surface area contributed by atoms with Crippen LogP contribution < -0.4 is 10.6 Å². The van der Waals surface area contributed by atoms with Crippen LogP contribution in [0.15, 0.2) is 24.3 Å². The van der Waals surface area contributed by atoms with Gasteiger partial charge in [0.1, 0.15) is 0 Å². The molecule has 0 aliphatic heterocycles. The van der Waals surface area contributed by atoms with E-state index in [9.17, 15) is 9.59 Å². The molecular weight excluding hydrogens is 204 g/mol. The van der Waals surface area contributed by atoms with E-state index in [1.807, 2.05) is 6.92 Å². The minimum absolute atomic E-state index is 0.181. The molecule has 0 bridgehead atoms. The molecule has 0 saturated carbocycles. The highest BCUT2D eigenvalue weighted by atomic mass is 16.2. The van der Waals surface area contributed by atoms with Crippen LogP contribution in [0.2, 0.25) is 0 Å². The standard InChI is InChI=1S/C12H16N2O2/c1-3-4-12(16)14(9(2)15)11-7-5-10(13)6-8-11/h5-8H,3-4,13H2,1-2H3. The van der Waals surface area contributed by atoms with Gasteiger partial charge in [0.25, 0.3) is 0 Å². The maximum atomic E-state index is 11.7. The third kappa shape index (κ3) is 2.82. The molecule has 1 aromatic carbocycles. The number of imide groups is 1. The summed E-state index contributed by atoms with van der Waals surface area (Å²) >= 11 is 0. The van der Waals surface area contributed by atoms with Gasteiger partial charge >= 0.3 is 0 Å². The van der Waals surface area contributed by atoms with Crippen molar-refractivity contribution in [3.05, 3.63) is 24.3 Å². The lowest BCUT2D eigenvalue weighted by molar-refractivity contribution is -0.125. The number of nitrogens with two attached hydrogens (primary N) is 1. The molecule has 16 heavy (non-hydrogen) atoms. The highest BCUT2D eigenvalue weighted by Gasteiger charge is 2.18. The van der Waals surface area contributed by atoms with E-state index in [1.165, 1.54) is 11.8 Å². The Hall–Kier alpha value is -1.84. The Balaban J connectivity index is 2.98. The van der Waals surface area contributed by atoms with Gasteiger partial charge in [-0.3, -0.25) is 14.5 Å². The van der Waals surface area contributed by atoms with Crippen LogP contribution in [0.4, 0.5) is 11.4 Å². The molecule has 0 aliphatic carbocycles. The summed E-state index contributed by atoms with van der Waals surface area (Å²) in [6, 6.07) is 6.68. The van der Waals surface area contributed by atoms with Crippen molar-refractivity contribution in [2.45, 2.75) is 26.7 Å². The average molecular weight is 220 g/mol. The normalized spacial score (nSPS) is 9.88. The van der Waals surface area contributed by atoms with Gasteiger partial charge in [-0.2, -0.15) is 0 Å². The van der Waals surface area contributed by atoms with Gasteiger partial charge in [-0.25, -0.2) is 0 Å². The van der Waals surface area contributed by atoms with Gasteiger partial charge in [0, 0.05) is 19.0 Å². The summed E-state index contributed by atoms with van der Waals surface area (Å²) in [7, 11) is 0. The smallest absolute Gasteiger partial charge is 0.233 e. The molecule has 0 radical (unpaired) electrons. The fourth-order valence-electron chi connectivity index (χ4n) is 1.45. The Morgan fingerprint density at radius 2 is 1.81 bits per heavy atom. The maximum Gasteiger partial charge on any atom is 0.233 e. The predicted octanol–water partition coefficient (Wildman–Crippen LogP) is 1.95. The van der Waals surface area contributed by atoms with Gasteiger partial charge in [0.2, 0.25) is 11.8 Å². The van der Waals surface area contributed by atoms with Gasteiger partial charge in [-0.1, -0.05) is 6.92 Å². The summed E-state index contributed by atoms with van der Waals surface area (Å²) in [5, 5.41) is 0. The molecule has 4 heteroatoms. The van der Waals surface area contributed by atoms with Crippen LogP contribution in [0.3, 0.4) is 0 Å². The van der Waals surface area contributed by atoms with E-state index in [0.717, 1.165) is 6.42 Å². The van der Waals surface area contributed by atoms with Gasteiger partial charge in [-0.05, 0) is 30.7 Å². The second-order valence-corrected chi connectivity index (χ2v) is 3.59. The highest BCUT2D eigenvalue weighted by Crippen LogP contribution is 2.17. The number of amides is 2. The molecule has 1 rings (SSSR count). The lowest BCUT2D eigenvalue weighted by Gasteiger charge is -2.19. The van der Waals surface area contributed by atoms with E-state index in [0.29, 0.717) is 17.8 Å².